The molecule has 0 aliphatic carbocycles. The zero-order chi connectivity index (χ0) is 30.4. The van der Waals surface area contributed by atoms with Crippen LogP contribution in [0.2, 0.25) is 0 Å². The van der Waals surface area contributed by atoms with Crippen LogP contribution >= 0.6 is 0 Å². The van der Waals surface area contributed by atoms with Crippen LogP contribution in [0.25, 0.3) is 0 Å². The molecule has 1 aromatic rings. The van der Waals surface area contributed by atoms with Crippen molar-refractivity contribution in [2.45, 2.75) is 95.7 Å². The van der Waals surface area contributed by atoms with Gasteiger partial charge in [0.15, 0.2) is 37.2 Å². The fourth-order valence-corrected chi connectivity index (χ4v) is 5.11. The van der Waals surface area contributed by atoms with Crippen LogP contribution in [0.15, 0.2) is 30.3 Å². The van der Waals surface area contributed by atoms with Crippen LogP contribution in [0, 0.1) is 0 Å². The monoisotopic (exact) mass is 596 g/mol. The second-order valence-electron chi connectivity index (χ2n) is 9.99. The van der Waals surface area contributed by atoms with Crippen LogP contribution in [0.5, 0.6) is 0 Å². The second-order valence-corrected chi connectivity index (χ2v) is 9.99. The molecular formula is C28H36O14. The van der Waals surface area contributed by atoms with Gasteiger partial charge in [-0.05, 0) is 0 Å². The number of esters is 4. The van der Waals surface area contributed by atoms with Gasteiger partial charge >= 0.3 is 23.9 Å². The summed E-state index contributed by atoms with van der Waals surface area (Å²) in [6.07, 6.45) is -9.82. The number of methoxy groups -OCH3 is 1. The molecular weight excluding hydrogens is 560 g/mol. The zero-order valence-electron chi connectivity index (χ0n) is 24.0. The molecule has 0 saturated carbocycles. The summed E-state index contributed by atoms with van der Waals surface area (Å²) in [6, 6.07) is 9.32. The maximum atomic E-state index is 12.2. The smallest absolute Gasteiger partial charge is 0.303 e. The third kappa shape index (κ3) is 8.02. The molecule has 232 valence electrons. The minimum absolute atomic E-state index is 0.169. The van der Waals surface area contributed by atoms with Crippen LogP contribution in [0.4, 0.5) is 0 Å². The van der Waals surface area contributed by atoms with E-state index in [4.69, 9.17) is 47.4 Å². The maximum Gasteiger partial charge on any atom is 0.303 e. The van der Waals surface area contributed by atoms with Gasteiger partial charge in [-0.15, -0.1) is 0 Å². The van der Waals surface area contributed by atoms with Crippen molar-refractivity contribution in [3.05, 3.63) is 35.9 Å². The van der Waals surface area contributed by atoms with E-state index in [2.05, 4.69) is 0 Å². The Hall–Kier alpha value is -3.14. The van der Waals surface area contributed by atoms with Gasteiger partial charge in [0, 0.05) is 46.8 Å². The summed E-state index contributed by atoms with van der Waals surface area (Å²) in [7, 11) is 1.48. The highest BCUT2D eigenvalue weighted by molar-refractivity contribution is 5.68. The van der Waals surface area contributed by atoms with E-state index >= 15 is 0 Å². The number of fused-ring (bicyclic) bond motifs is 1. The SMILES string of the molecule is CO[C@@H]1C[C@@H](O[C@@H]2O[C@H](COC(C)=O)[C@@H](OC(C)=O)[C@H](OC(C)=O)[C@H]2OC(C)=O)[C@@H]2O[C@H](c3ccccc3)OC[C@H]2O1. The van der Waals surface area contributed by atoms with Crippen LogP contribution in [0.3, 0.4) is 0 Å². The second kappa shape index (κ2) is 14.4. The lowest BCUT2D eigenvalue weighted by Crippen LogP contribution is -2.65. The predicted molar refractivity (Wildman–Crippen MR) is 137 cm³/mol. The van der Waals surface area contributed by atoms with Crippen LogP contribution in [-0.2, 0) is 66.5 Å². The molecule has 14 heteroatoms. The van der Waals surface area contributed by atoms with Gasteiger partial charge in [0.25, 0.3) is 0 Å². The Balaban J connectivity index is 1.65. The first kappa shape index (κ1) is 31.8. The standard InChI is InChI=1S/C28H36O14/c1-14(29)34-12-21-24(36-15(2)30)25(37-16(3)31)26(38-17(4)32)28(41-21)40-19-11-22(33-5)39-20-13-35-27(42-23(19)20)18-9-7-6-8-10-18/h6-10,19-28H,11-13H2,1-5H3/t19-,20-,21-,22+,23+,24-,25+,26-,27-,28-/m1/s1. The number of rotatable bonds is 9. The van der Waals surface area contributed by atoms with E-state index in [0.717, 1.165) is 26.3 Å². The molecule has 3 aliphatic rings. The summed E-state index contributed by atoms with van der Waals surface area (Å²) in [5.74, 6) is -2.83. The fourth-order valence-electron chi connectivity index (χ4n) is 5.11. The van der Waals surface area contributed by atoms with Crippen molar-refractivity contribution in [1.29, 1.82) is 0 Å². The topological polar surface area (TPSA) is 161 Å². The Labute approximate surface area is 242 Å². The maximum absolute atomic E-state index is 12.2. The van der Waals surface area contributed by atoms with Crippen molar-refractivity contribution in [2.24, 2.45) is 0 Å². The minimum atomic E-state index is -1.38. The summed E-state index contributed by atoms with van der Waals surface area (Å²) in [5.41, 5.74) is 0.788. The molecule has 42 heavy (non-hydrogen) atoms. The quantitative estimate of drug-likeness (QED) is 0.297. The summed E-state index contributed by atoms with van der Waals surface area (Å²) < 4.78 is 57.8. The van der Waals surface area contributed by atoms with Gasteiger partial charge in [-0.3, -0.25) is 19.2 Å². The first-order chi connectivity index (χ1) is 20.0. The van der Waals surface area contributed by atoms with E-state index in [0.29, 0.717) is 0 Å². The van der Waals surface area contributed by atoms with Crippen LogP contribution in [0.1, 0.15) is 46.0 Å². The zero-order valence-corrected chi connectivity index (χ0v) is 24.0. The average Bonchev–Trinajstić information content (AvgIpc) is 2.94. The number of carbonyl (C=O) groups is 4. The molecule has 0 bridgehead atoms. The molecule has 0 radical (unpaired) electrons. The van der Waals surface area contributed by atoms with Crippen molar-refractivity contribution >= 4 is 23.9 Å². The summed E-state index contributed by atoms with van der Waals surface area (Å²) >= 11 is 0. The van der Waals surface area contributed by atoms with Gasteiger partial charge in [-0.2, -0.15) is 0 Å². The van der Waals surface area contributed by atoms with Gasteiger partial charge in [0.1, 0.15) is 24.9 Å². The van der Waals surface area contributed by atoms with Crippen molar-refractivity contribution in [2.75, 3.05) is 20.3 Å². The summed E-state index contributed by atoms with van der Waals surface area (Å²) in [4.78, 5) is 48.0. The molecule has 4 rings (SSSR count). The predicted octanol–water partition coefficient (Wildman–Crippen LogP) is 1.33. The number of carbonyl (C=O) groups excluding carboxylic acids is 4. The van der Waals surface area contributed by atoms with Gasteiger partial charge in [0.2, 0.25) is 0 Å². The largest absolute Gasteiger partial charge is 0.463 e. The van der Waals surface area contributed by atoms with Crippen LogP contribution < -0.4 is 0 Å². The summed E-state index contributed by atoms with van der Waals surface area (Å²) in [6.45, 7) is 4.44. The Bertz CT molecular complexity index is 1100. The Morgan fingerprint density at radius 2 is 1.45 bits per heavy atom. The van der Waals surface area contributed by atoms with E-state index in [9.17, 15) is 19.2 Å². The molecule has 0 unspecified atom stereocenters. The first-order valence-corrected chi connectivity index (χ1v) is 13.5. The highest BCUT2D eigenvalue weighted by atomic mass is 16.8. The normalized spacial score (nSPS) is 34.4. The minimum Gasteiger partial charge on any atom is -0.463 e. The van der Waals surface area contributed by atoms with Crippen molar-refractivity contribution in [1.82, 2.24) is 0 Å². The van der Waals surface area contributed by atoms with E-state index in [1.165, 1.54) is 14.0 Å². The molecule has 0 amide bonds. The van der Waals surface area contributed by atoms with Crippen molar-refractivity contribution < 1.29 is 66.5 Å². The number of hydrogen-bond donors (Lipinski definition) is 0. The summed E-state index contributed by atoms with van der Waals surface area (Å²) in [5, 5.41) is 0. The van der Waals surface area contributed by atoms with Gasteiger partial charge < -0.3 is 47.4 Å². The Morgan fingerprint density at radius 3 is 2.07 bits per heavy atom. The van der Waals surface area contributed by atoms with Crippen molar-refractivity contribution in [3.8, 4) is 0 Å². The highest BCUT2D eigenvalue weighted by Crippen LogP contribution is 2.38. The molecule has 3 fully saturated rings. The number of hydrogen-bond acceptors (Lipinski definition) is 14. The van der Waals surface area contributed by atoms with Gasteiger partial charge in [-0.25, -0.2) is 0 Å². The molecule has 3 aliphatic heterocycles. The number of benzene rings is 1. The molecule has 3 heterocycles. The third-order valence-corrected chi connectivity index (χ3v) is 6.77. The highest BCUT2D eigenvalue weighted by Gasteiger charge is 2.55. The lowest BCUT2D eigenvalue weighted by molar-refractivity contribution is -0.371. The van der Waals surface area contributed by atoms with Gasteiger partial charge in [0.05, 0.1) is 12.7 Å². The van der Waals surface area contributed by atoms with E-state index < -0.39 is 85.5 Å². The Morgan fingerprint density at radius 1 is 0.810 bits per heavy atom. The lowest BCUT2D eigenvalue weighted by atomic mass is 9.96. The van der Waals surface area contributed by atoms with Crippen molar-refractivity contribution in [3.63, 3.8) is 0 Å². The van der Waals surface area contributed by atoms with E-state index in [1.54, 1.807) is 0 Å². The molecule has 1 aromatic carbocycles. The molecule has 3 saturated heterocycles. The average molecular weight is 597 g/mol. The molecule has 0 spiro atoms. The number of ether oxygens (including phenoxy) is 10. The molecule has 14 nitrogen and oxygen atoms in total. The first-order valence-electron chi connectivity index (χ1n) is 13.5. The molecule has 0 aromatic heterocycles. The van der Waals surface area contributed by atoms with E-state index in [-0.39, 0.29) is 19.6 Å². The van der Waals surface area contributed by atoms with E-state index in [1.807, 2.05) is 30.3 Å². The van der Waals surface area contributed by atoms with Gasteiger partial charge in [-0.1, -0.05) is 30.3 Å². The lowest BCUT2D eigenvalue weighted by Gasteiger charge is -2.48. The van der Waals surface area contributed by atoms with Crippen LogP contribution in [-0.4, -0.2) is 99.5 Å². The Kier molecular flexibility index (Phi) is 10.9. The third-order valence-electron chi connectivity index (χ3n) is 6.77. The molecule has 10 atom stereocenters. The fraction of sp³-hybridized carbons (Fsp3) is 0.643. The molecule has 0 N–H and O–H groups in total.